The van der Waals surface area contributed by atoms with Crippen LogP contribution in [-0.2, 0) is 9.53 Å². The first-order valence-electron chi connectivity index (χ1n) is 2.27. The number of ether oxygens (including phenoxy) is 1. The molecule has 1 heterocycles. The normalized spacial score (nSPS) is 19.4. The van der Waals surface area contributed by atoms with E-state index in [1.807, 2.05) is 0 Å². The molecule has 0 unspecified atom stereocenters. The van der Waals surface area contributed by atoms with Crippen molar-refractivity contribution in [1.29, 1.82) is 0 Å². The van der Waals surface area contributed by atoms with E-state index in [9.17, 15) is 4.79 Å². The van der Waals surface area contributed by atoms with Crippen molar-refractivity contribution < 1.29 is 16.1 Å². The Morgan fingerprint density at radius 3 is 2.62 bits per heavy atom. The van der Waals surface area contributed by atoms with Crippen LogP contribution in [0.2, 0.25) is 0 Å². The molecular weight excluding hydrogens is 108 g/mol. The van der Waals surface area contributed by atoms with Crippen molar-refractivity contribution >= 4 is 5.78 Å². The topological polar surface area (TPSA) is 46.5 Å². The van der Waals surface area contributed by atoms with Gasteiger partial charge in [0.1, 0.15) is 5.76 Å². The Kier molecular flexibility index (Phi) is 0.970. The van der Waals surface area contributed by atoms with Gasteiger partial charge < -0.3 is 9.84 Å². The molecule has 3 nitrogen and oxygen atoms in total. The van der Waals surface area contributed by atoms with Crippen LogP contribution in [-0.4, -0.2) is 17.5 Å². The molecule has 0 spiro atoms. The van der Waals surface area contributed by atoms with E-state index in [2.05, 4.69) is 4.74 Å². The summed E-state index contributed by atoms with van der Waals surface area (Å²) in [5, 5.41) is 8.67. The largest absolute Gasteiger partial charge is 0.502 e. The average molecular weight is 116 g/mol. The number of hydrogen-bond acceptors (Lipinski definition) is 3. The summed E-state index contributed by atoms with van der Waals surface area (Å²) in [6.07, 6.45) is 0. The van der Waals surface area contributed by atoms with E-state index in [4.69, 9.17) is 5.11 Å². The second-order valence-electron chi connectivity index (χ2n) is 1.62. The number of rotatable bonds is 0. The smallest absolute Gasteiger partial charge is 0.237 e. The summed E-state index contributed by atoms with van der Waals surface area (Å²) in [6.45, 7) is 1.55. The molecule has 46 valence electrons. The third-order valence-electron chi connectivity index (χ3n) is 1.02. The first-order valence-corrected chi connectivity index (χ1v) is 2.27. The fraction of sp³-hybridized carbons (Fsp3) is 0.400. The van der Waals surface area contributed by atoms with Gasteiger partial charge in [-0.05, 0) is 6.92 Å². The van der Waals surface area contributed by atoms with E-state index in [1.165, 1.54) is 0 Å². The Labute approximate surface area is 48.1 Å². The fourth-order valence-corrected chi connectivity index (χ4v) is 0.507. The lowest BCUT2D eigenvalue weighted by Gasteiger charge is -1.88. The number of Topliss-reactive ketones (excluding diaryl/α,β-unsaturated/α-hetero) is 1. The average Bonchev–Trinajstić information content (AvgIpc) is 1.98. The number of ketones is 1. The van der Waals surface area contributed by atoms with Crippen molar-refractivity contribution in [1.82, 2.24) is 0 Å². The van der Waals surface area contributed by atoms with Gasteiger partial charge in [-0.25, -0.2) is 0 Å². The zero-order chi connectivity index (χ0) is 6.15. The summed E-state index contributed by atoms with van der Waals surface area (Å²) in [5.41, 5.74) is 0. The second-order valence-corrected chi connectivity index (χ2v) is 1.62. The maximum atomic E-state index is 10.4. The highest BCUT2D eigenvalue weighted by Gasteiger charge is 2.19. The third-order valence-corrected chi connectivity index (χ3v) is 1.02. The van der Waals surface area contributed by atoms with E-state index in [1.54, 1.807) is 6.92 Å². The van der Waals surface area contributed by atoms with Crippen molar-refractivity contribution in [3.05, 3.63) is 11.5 Å². The van der Waals surface area contributed by atoms with Crippen LogP contribution in [0.25, 0.3) is 0 Å². The van der Waals surface area contributed by atoms with Gasteiger partial charge in [-0.15, -0.1) is 0 Å². The highest BCUT2D eigenvalue weighted by Crippen LogP contribution is 2.10. The van der Waals surface area contributed by atoms with E-state index >= 15 is 0 Å². The SMILES string of the molecule is CC1=C(O)C(=O)CO1.[HH]. The van der Waals surface area contributed by atoms with Crippen LogP contribution in [0.5, 0.6) is 0 Å². The van der Waals surface area contributed by atoms with Crippen molar-refractivity contribution in [3.8, 4) is 0 Å². The Hall–Kier alpha value is -0.990. The van der Waals surface area contributed by atoms with Crippen molar-refractivity contribution in [2.24, 2.45) is 0 Å². The summed E-state index contributed by atoms with van der Waals surface area (Å²) in [7, 11) is 0. The first kappa shape index (κ1) is 5.15. The maximum absolute atomic E-state index is 10.4. The van der Waals surface area contributed by atoms with Crippen LogP contribution >= 0.6 is 0 Å². The van der Waals surface area contributed by atoms with E-state index in [0.29, 0.717) is 5.76 Å². The predicted octanol–water partition coefficient (Wildman–Crippen LogP) is 0.621. The number of carbonyl (C=O) groups is 1. The Morgan fingerprint density at radius 2 is 2.50 bits per heavy atom. The van der Waals surface area contributed by atoms with Crippen molar-refractivity contribution in [3.63, 3.8) is 0 Å². The Bertz CT molecular complexity index is 162. The van der Waals surface area contributed by atoms with Gasteiger partial charge in [0.15, 0.2) is 6.61 Å². The van der Waals surface area contributed by atoms with Gasteiger partial charge in [0.05, 0.1) is 0 Å². The molecule has 1 rings (SSSR count). The molecule has 0 fully saturated rings. The lowest BCUT2D eigenvalue weighted by atomic mass is 10.3. The molecular formula is C5H8O3. The monoisotopic (exact) mass is 116 g/mol. The molecule has 0 bridgehead atoms. The molecule has 1 aliphatic heterocycles. The van der Waals surface area contributed by atoms with Gasteiger partial charge in [0, 0.05) is 1.43 Å². The van der Waals surface area contributed by atoms with Gasteiger partial charge in [0.25, 0.3) is 0 Å². The fourth-order valence-electron chi connectivity index (χ4n) is 0.507. The quantitative estimate of drug-likeness (QED) is 0.504. The summed E-state index contributed by atoms with van der Waals surface area (Å²) in [5.74, 6) is -0.234. The maximum Gasteiger partial charge on any atom is 0.237 e. The minimum absolute atomic E-state index is 0. The van der Waals surface area contributed by atoms with Crippen molar-refractivity contribution in [2.75, 3.05) is 6.61 Å². The zero-order valence-corrected chi connectivity index (χ0v) is 4.47. The minimum Gasteiger partial charge on any atom is -0.502 e. The van der Waals surface area contributed by atoms with Gasteiger partial charge in [-0.1, -0.05) is 0 Å². The van der Waals surface area contributed by atoms with Crippen LogP contribution in [0, 0.1) is 0 Å². The Morgan fingerprint density at radius 1 is 1.88 bits per heavy atom. The second kappa shape index (κ2) is 1.51. The molecule has 1 N–H and O–H groups in total. The lowest BCUT2D eigenvalue weighted by Crippen LogP contribution is -1.99. The molecule has 0 atom stereocenters. The van der Waals surface area contributed by atoms with E-state index in [-0.39, 0.29) is 19.6 Å². The van der Waals surface area contributed by atoms with Gasteiger partial charge >= 0.3 is 0 Å². The molecule has 0 aromatic carbocycles. The molecule has 0 aliphatic carbocycles. The molecule has 1 aliphatic rings. The predicted molar refractivity (Wildman–Crippen MR) is 28.4 cm³/mol. The van der Waals surface area contributed by atoms with Crippen LogP contribution in [0.15, 0.2) is 11.5 Å². The van der Waals surface area contributed by atoms with E-state index in [0.717, 1.165) is 0 Å². The molecule has 0 saturated heterocycles. The Balaban J connectivity index is 0.000000640. The van der Waals surface area contributed by atoms with Crippen LogP contribution in [0.4, 0.5) is 0 Å². The van der Waals surface area contributed by atoms with Gasteiger partial charge in [0.2, 0.25) is 11.5 Å². The standard InChI is InChI=1S/C5H6O3.H2/c1-3-5(7)4(6)2-8-3;/h7H,2H2,1H3;1H. The highest BCUT2D eigenvalue weighted by molar-refractivity contribution is 5.96. The molecule has 3 heteroatoms. The third kappa shape index (κ3) is 0.559. The number of carbonyl (C=O) groups excluding carboxylic acids is 1. The van der Waals surface area contributed by atoms with Crippen molar-refractivity contribution in [2.45, 2.75) is 6.92 Å². The summed E-state index contributed by atoms with van der Waals surface area (Å²) < 4.78 is 4.66. The van der Waals surface area contributed by atoms with Crippen LogP contribution < -0.4 is 0 Å². The highest BCUT2D eigenvalue weighted by atomic mass is 16.5. The van der Waals surface area contributed by atoms with Gasteiger partial charge in [-0.2, -0.15) is 0 Å². The van der Waals surface area contributed by atoms with Gasteiger partial charge in [-0.3, -0.25) is 4.79 Å². The molecule has 0 aromatic rings. The van der Waals surface area contributed by atoms with E-state index < -0.39 is 0 Å². The summed E-state index contributed by atoms with van der Waals surface area (Å²) in [4.78, 5) is 10.4. The molecule has 0 radical (unpaired) electrons. The molecule has 0 amide bonds. The lowest BCUT2D eigenvalue weighted by molar-refractivity contribution is -0.118. The zero-order valence-electron chi connectivity index (χ0n) is 4.47. The molecule has 8 heavy (non-hydrogen) atoms. The molecule has 0 saturated carbocycles. The van der Waals surface area contributed by atoms with Crippen LogP contribution in [0.1, 0.15) is 8.35 Å². The summed E-state index contributed by atoms with van der Waals surface area (Å²) >= 11 is 0. The number of aliphatic hydroxyl groups is 1. The molecule has 0 aromatic heterocycles. The number of aliphatic hydroxyl groups excluding tert-OH is 1. The minimum atomic E-state index is -0.331. The number of allylic oxidation sites excluding steroid dienone is 1. The number of hydrogen-bond donors (Lipinski definition) is 1. The van der Waals surface area contributed by atoms with Crippen LogP contribution in [0.3, 0.4) is 0 Å². The summed E-state index contributed by atoms with van der Waals surface area (Å²) in [6, 6.07) is 0. The first-order chi connectivity index (χ1) is 3.72.